The second-order valence-corrected chi connectivity index (χ2v) is 8.64. The van der Waals surface area contributed by atoms with Crippen LogP contribution in [0.4, 0.5) is 0 Å². The molecule has 1 N–H and O–H groups in total. The maximum absolute atomic E-state index is 13.3. The molecule has 0 saturated heterocycles. The van der Waals surface area contributed by atoms with Crippen LogP contribution in [0.2, 0.25) is 0 Å². The van der Waals surface area contributed by atoms with E-state index in [0.29, 0.717) is 22.6 Å². The van der Waals surface area contributed by atoms with E-state index < -0.39 is 0 Å². The molecule has 0 aliphatic carbocycles. The zero-order valence-corrected chi connectivity index (χ0v) is 19.0. The molecule has 4 aromatic rings. The van der Waals surface area contributed by atoms with Gasteiger partial charge in [-0.1, -0.05) is 60.3 Å². The van der Waals surface area contributed by atoms with Gasteiger partial charge in [-0.05, 0) is 61.2 Å². The lowest BCUT2D eigenvalue weighted by Gasteiger charge is -2.14. The molecule has 0 radical (unpaired) electrons. The van der Waals surface area contributed by atoms with Gasteiger partial charge in [-0.15, -0.1) is 0 Å². The monoisotopic (exact) mass is 443 g/mol. The molecule has 1 aromatic heterocycles. The highest BCUT2D eigenvalue weighted by molar-refractivity contribution is 7.99. The summed E-state index contributed by atoms with van der Waals surface area (Å²) in [5, 5.41) is 4.02. The van der Waals surface area contributed by atoms with Gasteiger partial charge in [0, 0.05) is 6.54 Å². The maximum atomic E-state index is 13.3. The Balaban J connectivity index is 1.56. The van der Waals surface area contributed by atoms with Crippen molar-refractivity contribution >= 4 is 28.6 Å². The van der Waals surface area contributed by atoms with Crippen LogP contribution in [0.1, 0.15) is 16.7 Å². The van der Waals surface area contributed by atoms with Crippen LogP contribution in [0.3, 0.4) is 0 Å². The third-order valence-corrected chi connectivity index (χ3v) is 6.34. The molecule has 0 aliphatic rings. The minimum atomic E-state index is -0.133. The molecule has 6 heteroatoms. The summed E-state index contributed by atoms with van der Waals surface area (Å²) in [5.41, 5.74) is 4.68. The number of thioether (sulfide) groups is 1. The Hall–Kier alpha value is -3.38. The Morgan fingerprint density at radius 1 is 0.969 bits per heavy atom. The molecular weight excluding hydrogens is 418 g/mol. The molecule has 32 heavy (non-hydrogen) atoms. The lowest BCUT2D eigenvalue weighted by atomic mass is 10.1. The Labute approximate surface area is 191 Å². The first kappa shape index (κ1) is 21.8. The summed E-state index contributed by atoms with van der Waals surface area (Å²) in [6, 6.07) is 23.3. The fourth-order valence-electron chi connectivity index (χ4n) is 3.47. The number of aryl methyl sites for hydroxylation is 2. The molecule has 0 bridgehead atoms. The summed E-state index contributed by atoms with van der Waals surface area (Å²) in [6.07, 6.45) is 0.777. The molecule has 5 nitrogen and oxygen atoms in total. The number of rotatable bonds is 7. The average Bonchev–Trinajstić information content (AvgIpc) is 2.80. The number of hydrogen-bond donors (Lipinski definition) is 1. The third-order valence-electron chi connectivity index (χ3n) is 5.40. The summed E-state index contributed by atoms with van der Waals surface area (Å²) in [6.45, 7) is 4.62. The van der Waals surface area contributed by atoms with Crippen molar-refractivity contribution in [3.8, 4) is 5.69 Å². The van der Waals surface area contributed by atoms with E-state index >= 15 is 0 Å². The van der Waals surface area contributed by atoms with Crippen LogP contribution in [-0.4, -0.2) is 27.8 Å². The van der Waals surface area contributed by atoms with Gasteiger partial charge >= 0.3 is 0 Å². The van der Waals surface area contributed by atoms with Crippen LogP contribution in [0.5, 0.6) is 0 Å². The lowest BCUT2D eigenvalue weighted by Crippen LogP contribution is -2.28. The number of nitrogens with zero attached hydrogens (tertiary/aromatic N) is 2. The first-order valence-corrected chi connectivity index (χ1v) is 11.5. The number of hydrogen-bond acceptors (Lipinski definition) is 4. The number of fused-ring (bicyclic) bond motifs is 1. The minimum Gasteiger partial charge on any atom is -0.355 e. The van der Waals surface area contributed by atoms with Gasteiger partial charge in [-0.2, -0.15) is 0 Å². The number of aromatic nitrogens is 2. The quantitative estimate of drug-likeness (QED) is 0.339. The van der Waals surface area contributed by atoms with Crippen molar-refractivity contribution in [2.45, 2.75) is 25.4 Å². The molecule has 1 amide bonds. The Kier molecular flexibility index (Phi) is 6.71. The van der Waals surface area contributed by atoms with Crippen molar-refractivity contribution in [3.63, 3.8) is 0 Å². The molecule has 1 heterocycles. The van der Waals surface area contributed by atoms with Gasteiger partial charge in [-0.3, -0.25) is 14.2 Å². The van der Waals surface area contributed by atoms with Crippen LogP contribution in [0, 0.1) is 13.8 Å². The Morgan fingerprint density at radius 3 is 2.50 bits per heavy atom. The topological polar surface area (TPSA) is 64.0 Å². The average molecular weight is 444 g/mol. The van der Waals surface area contributed by atoms with Gasteiger partial charge in [0.2, 0.25) is 5.91 Å². The largest absolute Gasteiger partial charge is 0.355 e. The van der Waals surface area contributed by atoms with Gasteiger partial charge in [-0.25, -0.2) is 4.98 Å². The van der Waals surface area contributed by atoms with E-state index in [9.17, 15) is 9.59 Å². The minimum absolute atomic E-state index is 0.0834. The van der Waals surface area contributed by atoms with Crippen LogP contribution in [0.15, 0.2) is 82.7 Å². The van der Waals surface area contributed by atoms with Crippen molar-refractivity contribution in [2.75, 3.05) is 12.3 Å². The van der Waals surface area contributed by atoms with E-state index in [0.717, 1.165) is 23.2 Å². The number of carbonyl (C=O) groups excluding carboxylic acids is 1. The lowest BCUT2D eigenvalue weighted by molar-refractivity contribution is -0.118. The molecule has 0 unspecified atom stereocenters. The zero-order chi connectivity index (χ0) is 22.5. The standard InChI is InChI=1S/C26H25N3O2S/c1-18-12-13-21(16-19(18)2)29-25(31)22-10-6-7-11-23(22)28-26(29)32-17-24(30)27-15-14-20-8-4-3-5-9-20/h3-13,16H,14-15,17H2,1-2H3,(H,27,30). The molecule has 0 aliphatic heterocycles. The number of nitrogens with one attached hydrogen (secondary N) is 1. The second kappa shape index (κ2) is 9.83. The highest BCUT2D eigenvalue weighted by Crippen LogP contribution is 2.22. The summed E-state index contributed by atoms with van der Waals surface area (Å²) in [5.74, 6) is 0.102. The predicted molar refractivity (Wildman–Crippen MR) is 131 cm³/mol. The molecule has 0 atom stereocenters. The highest BCUT2D eigenvalue weighted by Gasteiger charge is 2.15. The molecular formula is C26H25N3O2S. The summed E-state index contributed by atoms with van der Waals surface area (Å²) >= 11 is 1.28. The smallest absolute Gasteiger partial charge is 0.266 e. The Bertz CT molecular complexity index is 1320. The number of para-hydroxylation sites is 1. The highest BCUT2D eigenvalue weighted by atomic mass is 32.2. The first-order chi connectivity index (χ1) is 15.5. The van der Waals surface area contributed by atoms with Crippen molar-refractivity contribution in [3.05, 3.63) is 99.8 Å². The SMILES string of the molecule is Cc1ccc(-n2c(SCC(=O)NCCc3ccccc3)nc3ccccc3c2=O)cc1C. The number of benzene rings is 3. The van der Waals surface area contributed by atoms with E-state index in [1.54, 1.807) is 10.6 Å². The molecule has 0 saturated carbocycles. The van der Waals surface area contributed by atoms with Gasteiger partial charge in [0.1, 0.15) is 0 Å². The Morgan fingerprint density at radius 2 is 1.72 bits per heavy atom. The van der Waals surface area contributed by atoms with Crippen LogP contribution in [0.25, 0.3) is 16.6 Å². The van der Waals surface area contributed by atoms with E-state index in [1.165, 1.54) is 17.3 Å². The molecule has 0 fully saturated rings. The molecule has 3 aromatic carbocycles. The van der Waals surface area contributed by atoms with Crippen molar-refractivity contribution in [1.82, 2.24) is 14.9 Å². The van der Waals surface area contributed by atoms with E-state index in [4.69, 9.17) is 4.98 Å². The fraction of sp³-hybridized carbons (Fsp3) is 0.192. The summed E-state index contributed by atoms with van der Waals surface area (Å²) in [4.78, 5) is 30.5. The predicted octanol–water partition coefficient (Wildman–Crippen LogP) is 4.45. The molecule has 162 valence electrons. The number of carbonyl (C=O) groups is 1. The van der Waals surface area contributed by atoms with Crippen LogP contribution in [-0.2, 0) is 11.2 Å². The van der Waals surface area contributed by atoms with E-state index in [-0.39, 0.29) is 17.2 Å². The van der Waals surface area contributed by atoms with Crippen LogP contribution < -0.4 is 10.9 Å². The third kappa shape index (κ3) is 4.92. The summed E-state index contributed by atoms with van der Waals surface area (Å²) in [7, 11) is 0. The van der Waals surface area contributed by atoms with Gasteiger partial charge in [0.15, 0.2) is 5.16 Å². The maximum Gasteiger partial charge on any atom is 0.266 e. The van der Waals surface area contributed by atoms with Crippen molar-refractivity contribution in [1.29, 1.82) is 0 Å². The summed E-state index contributed by atoms with van der Waals surface area (Å²) < 4.78 is 1.61. The first-order valence-electron chi connectivity index (χ1n) is 10.6. The van der Waals surface area contributed by atoms with Crippen LogP contribution >= 0.6 is 11.8 Å². The molecule has 4 rings (SSSR count). The second-order valence-electron chi connectivity index (χ2n) is 7.69. The fourth-order valence-corrected chi connectivity index (χ4v) is 4.32. The normalized spacial score (nSPS) is 10.9. The van der Waals surface area contributed by atoms with E-state index in [2.05, 4.69) is 5.32 Å². The van der Waals surface area contributed by atoms with Crippen molar-refractivity contribution < 1.29 is 4.79 Å². The van der Waals surface area contributed by atoms with Crippen molar-refractivity contribution in [2.24, 2.45) is 0 Å². The number of amides is 1. The molecule has 0 spiro atoms. The zero-order valence-electron chi connectivity index (χ0n) is 18.2. The van der Waals surface area contributed by atoms with Gasteiger partial charge < -0.3 is 5.32 Å². The van der Waals surface area contributed by atoms with E-state index in [1.807, 2.05) is 80.6 Å². The van der Waals surface area contributed by atoms with Gasteiger partial charge in [0.05, 0.1) is 22.3 Å². The van der Waals surface area contributed by atoms with Gasteiger partial charge in [0.25, 0.3) is 5.56 Å².